The number of nitrogens with one attached hydrogen (secondary N) is 2. The summed E-state index contributed by atoms with van der Waals surface area (Å²) < 4.78 is 5.20. The first kappa shape index (κ1) is 26.5. The third kappa shape index (κ3) is 6.52. The number of alkyl carbamates (subject to hydrolysis) is 1. The van der Waals surface area contributed by atoms with E-state index in [0.717, 1.165) is 12.0 Å². The highest BCUT2D eigenvalue weighted by molar-refractivity contribution is 6.00. The van der Waals surface area contributed by atoms with Crippen LogP contribution in [0.3, 0.4) is 0 Å². The van der Waals surface area contributed by atoms with Gasteiger partial charge in [-0.25, -0.2) is 4.79 Å². The molecule has 9 nitrogen and oxygen atoms in total. The second-order valence-corrected chi connectivity index (χ2v) is 9.27. The van der Waals surface area contributed by atoms with Gasteiger partial charge < -0.3 is 25.2 Å². The van der Waals surface area contributed by atoms with Crippen LogP contribution in [0.15, 0.2) is 30.3 Å². The van der Waals surface area contributed by atoms with Gasteiger partial charge >= 0.3 is 6.09 Å². The lowest BCUT2D eigenvalue weighted by Gasteiger charge is -2.51. The van der Waals surface area contributed by atoms with Gasteiger partial charge in [0, 0.05) is 32.6 Å². The molecule has 0 radical (unpaired) electrons. The highest BCUT2D eigenvalue weighted by Crippen LogP contribution is 2.34. The molecule has 1 spiro atoms. The van der Waals surface area contributed by atoms with Crippen LogP contribution in [-0.2, 0) is 25.7 Å². The third-order valence-electron chi connectivity index (χ3n) is 6.90. The van der Waals surface area contributed by atoms with E-state index in [1.54, 1.807) is 9.80 Å². The Labute approximate surface area is 207 Å². The number of piperidine rings is 1. The molecule has 2 saturated heterocycles. The normalized spacial score (nSPS) is 19.4. The zero-order valence-corrected chi connectivity index (χ0v) is 20.9. The fraction of sp³-hybridized carbons (Fsp3) is 0.615. The zero-order valence-electron chi connectivity index (χ0n) is 20.9. The van der Waals surface area contributed by atoms with Gasteiger partial charge in [0.1, 0.15) is 18.2 Å². The van der Waals surface area contributed by atoms with Gasteiger partial charge in [0.25, 0.3) is 0 Å². The van der Waals surface area contributed by atoms with Crippen molar-refractivity contribution in [2.24, 2.45) is 0 Å². The Kier molecular flexibility index (Phi) is 9.51. The topological polar surface area (TPSA) is 108 Å². The average Bonchev–Trinajstić information content (AvgIpc) is 2.88. The van der Waals surface area contributed by atoms with Crippen LogP contribution in [0.25, 0.3) is 0 Å². The average molecular weight is 487 g/mol. The number of benzene rings is 1. The van der Waals surface area contributed by atoms with Crippen molar-refractivity contribution in [3.05, 3.63) is 35.9 Å². The number of hydrogen-bond acceptors (Lipinski definition) is 5. The van der Waals surface area contributed by atoms with E-state index in [1.165, 1.54) is 0 Å². The minimum absolute atomic E-state index is 0.0445. The van der Waals surface area contributed by atoms with Crippen LogP contribution in [0.1, 0.15) is 64.4 Å². The predicted molar refractivity (Wildman–Crippen MR) is 131 cm³/mol. The van der Waals surface area contributed by atoms with E-state index in [9.17, 15) is 19.2 Å². The van der Waals surface area contributed by atoms with Gasteiger partial charge in [-0.1, -0.05) is 44.2 Å². The Hall–Kier alpha value is -3.10. The molecular weight excluding hydrogens is 448 g/mol. The first-order valence-electron chi connectivity index (χ1n) is 12.8. The molecule has 9 heteroatoms. The summed E-state index contributed by atoms with van der Waals surface area (Å²) in [7, 11) is 0. The van der Waals surface area contributed by atoms with Crippen molar-refractivity contribution in [2.75, 3.05) is 26.2 Å². The van der Waals surface area contributed by atoms with Gasteiger partial charge in [-0.05, 0) is 44.1 Å². The van der Waals surface area contributed by atoms with Crippen molar-refractivity contribution in [1.82, 2.24) is 20.4 Å². The van der Waals surface area contributed by atoms with Crippen molar-refractivity contribution in [1.29, 1.82) is 0 Å². The lowest BCUT2D eigenvalue weighted by molar-refractivity contribution is -0.162. The van der Waals surface area contributed by atoms with Gasteiger partial charge in [0.2, 0.25) is 17.7 Å². The molecule has 1 aromatic carbocycles. The minimum Gasteiger partial charge on any atom is -0.445 e. The summed E-state index contributed by atoms with van der Waals surface area (Å²) >= 11 is 0. The molecule has 0 unspecified atom stereocenters. The summed E-state index contributed by atoms with van der Waals surface area (Å²) in [5, 5.41) is 5.69. The predicted octanol–water partition coefficient (Wildman–Crippen LogP) is 2.59. The number of piperazine rings is 1. The Morgan fingerprint density at radius 2 is 1.83 bits per heavy atom. The van der Waals surface area contributed by atoms with Crippen molar-refractivity contribution in [3.63, 3.8) is 0 Å². The molecule has 192 valence electrons. The standard InChI is InChI=1S/C26H38N4O5/c1-3-16-30-23(32)21(28-24(33)26(30)13-17-29(18-14-26)22(31)4-2)12-8-9-15-27-25(34)35-19-20-10-6-5-7-11-20/h5-7,10-11,21H,3-4,8-9,12-19H2,1-2H3,(H,27,34)(H,28,33)/t21-/m0/s1. The smallest absolute Gasteiger partial charge is 0.407 e. The molecule has 4 amide bonds. The minimum atomic E-state index is -0.863. The quantitative estimate of drug-likeness (QED) is 0.494. The molecule has 2 N–H and O–H groups in total. The van der Waals surface area contributed by atoms with Crippen molar-refractivity contribution in [3.8, 4) is 0 Å². The Bertz CT molecular complexity index is 883. The number of nitrogens with zero attached hydrogens (tertiary/aromatic N) is 2. The van der Waals surface area contributed by atoms with E-state index in [1.807, 2.05) is 44.2 Å². The lowest BCUT2D eigenvalue weighted by Crippen LogP contribution is -2.73. The number of unbranched alkanes of at least 4 members (excludes halogenated alkanes) is 1. The fourth-order valence-corrected chi connectivity index (χ4v) is 4.90. The summed E-state index contributed by atoms with van der Waals surface area (Å²) in [5.41, 5.74) is 0.0595. The van der Waals surface area contributed by atoms with Gasteiger partial charge in [0.05, 0.1) is 0 Å². The van der Waals surface area contributed by atoms with Gasteiger partial charge in [-0.3, -0.25) is 14.4 Å². The van der Waals surface area contributed by atoms with Crippen LogP contribution < -0.4 is 10.6 Å². The molecule has 2 aliphatic rings. The van der Waals surface area contributed by atoms with E-state index < -0.39 is 17.7 Å². The molecule has 2 heterocycles. The molecule has 0 saturated carbocycles. The van der Waals surface area contributed by atoms with E-state index >= 15 is 0 Å². The van der Waals surface area contributed by atoms with Gasteiger partial charge in [-0.15, -0.1) is 0 Å². The second kappa shape index (κ2) is 12.6. The molecule has 2 aliphatic heterocycles. The SMILES string of the molecule is CCCN1C(=O)[C@H](CCCCNC(=O)OCc2ccccc2)NC(=O)C12CCN(C(=O)CC)CC2. The molecular formula is C26H38N4O5. The molecule has 1 atom stereocenters. The molecule has 0 aromatic heterocycles. The Morgan fingerprint density at radius 3 is 2.49 bits per heavy atom. The molecule has 0 bridgehead atoms. The number of amides is 4. The summed E-state index contributed by atoms with van der Waals surface area (Å²) in [5.74, 6) is -0.0708. The van der Waals surface area contributed by atoms with Crippen LogP contribution in [0.5, 0.6) is 0 Å². The molecule has 2 fully saturated rings. The summed E-state index contributed by atoms with van der Waals surface area (Å²) in [6.07, 6.45) is 3.55. The molecule has 3 rings (SSSR count). The highest BCUT2D eigenvalue weighted by atomic mass is 16.5. The largest absolute Gasteiger partial charge is 0.445 e. The maximum absolute atomic E-state index is 13.3. The number of likely N-dealkylation sites (tertiary alicyclic amines) is 1. The van der Waals surface area contributed by atoms with E-state index in [2.05, 4.69) is 10.6 Å². The van der Waals surface area contributed by atoms with E-state index in [0.29, 0.717) is 64.7 Å². The number of hydrogen-bond donors (Lipinski definition) is 2. The first-order chi connectivity index (χ1) is 16.9. The van der Waals surface area contributed by atoms with Crippen LogP contribution in [0.4, 0.5) is 4.79 Å². The molecule has 35 heavy (non-hydrogen) atoms. The van der Waals surface area contributed by atoms with Crippen LogP contribution >= 0.6 is 0 Å². The van der Waals surface area contributed by atoms with Crippen molar-refractivity contribution >= 4 is 23.8 Å². The molecule has 1 aromatic rings. The second-order valence-electron chi connectivity index (χ2n) is 9.27. The Morgan fingerprint density at radius 1 is 1.11 bits per heavy atom. The molecule has 0 aliphatic carbocycles. The monoisotopic (exact) mass is 486 g/mol. The highest BCUT2D eigenvalue weighted by Gasteiger charge is 2.53. The van der Waals surface area contributed by atoms with E-state index in [-0.39, 0.29) is 24.3 Å². The van der Waals surface area contributed by atoms with Gasteiger partial charge in [-0.2, -0.15) is 0 Å². The maximum atomic E-state index is 13.3. The van der Waals surface area contributed by atoms with Crippen molar-refractivity contribution < 1.29 is 23.9 Å². The Balaban J connectivity index is 1.45. The maximum Gasteiger partial charge on any atom is 0.407 e. The van der Waals surface area contributed by atoms with Crippen molar-refractivity contribution in [2.45, 2.75) is 77.0 Å². The third-order valence-corrected chi connectivity index (χ3v) is 6.90. The van der Waals surface area contributed by atoms with Crippen LogP contribution in [0, 0.1) is 0 Å². The lowest BCUT2D eigenvalue weighted by atomic mass is 9.81. The number of carbonyl (C=O) groups is 4. The summed E-state index contributed by atoms with van der Waals surface area (Å²) in [4.78, 5) is 54.1. The van der Waals surface area contributed by atoms with Crippen LogP contribution in [0.2, 0.25) is 0 Å². The van der Waals surface area contributed by atoms with Crippen LogP contribution in [-0.4, -0.2) is 71.4 Å². The number of rotatable bonds is 10. The summed E-state index contributed by atoms with van der Waals surface area (Å²) in [6.45, 7) is 6.00. The fourth-order valence-electron chi connectivity index (χ4n) is 4.90. The van der Waals surface area contributed by atoms with E-state index in [4.69, 9.17) is 4.74 Å². The number of carbonyl (C=O) groups excluding carboxylic acids is 4. The first-order valence-corrected chi connectivity index (χ1v) is 12.8. The summed E-state index contributed by atoms with van der Waals surface area (Å²) in [6, 6.07) is 8.91. The number of ether oxygens (including phenoxy) is 1. The van der Waals surface area contributed by atoms with Gasteiger partial charge in [0.15, 0.2) is 0 Å². The zero-order chi connectivity index (χ0) is 25.3.